The number of unbranched alkanes of at least 4 members (excludes halogenated alkanes) is 1. The maximum atomic E-state index is 11.0. The lowest BCUT2D eigenvalue weighted by Gasteiger charge is -2.12. The number of hydrogen-bond donors (Lipinski definition) is 3. The lowest BCUT2D eigenvalue weighted by Crippen LogP contribution is -2.39. The molecule has 0 saturated heterocycles. The van der Waals surface area contributed by atoms with E-state index in [1.807, 2.05) is 6.92 Å². The number of guanidine groups is 1. The van der Waals surface area contributed by atoms with E-state index in [0.717, 1.165) is 26.0 Å². The van der Waals surface area contributed by atoms with Crippen molar-refractivity contribution in [2.75, 3.05) is 57.9 Å². The van der Waals surface area contributed by atoms with Crippen molar-refractivity contribution in [1.29, 1.82) is 0 Å². The van der Waals surface area contributed by atoms with E-state index in [2.05, 4.69) is 27.9 Å². The lowest BCUT2D eigenvalue weighted by atomic mass is 10.2. The van der Waals surface area contributed by atoms with E-state index in [0.29, 0.717) is 51.1 Å². The van der Waals surface area contributed by atoms with Crippen LogP contribution < -0.4 is 16.0 Å². The van der Waals surface area contributed by atoms with E-state index < -0.39 is 4.92 Å². The predicted molar refractivity (Wildman–Crippen MR) is 112 cm³/mol. The molecule has 1 aromatic rings. The Morgan fingerprint density at radius 3 is 2.54 bits per heavy atom. The van der Waals surface area contributed by atoms with Gasteiger partial charge in [-0.2, -0.15) is 0 Å². The van der Waals surface area contributed by atoms with E-state index in [1.165, 1.54) is 6.07 Å². The van der Waals surface area contributed by atoms with Gasteiger partial charge in [-0.15, -0.1) is 0 Å². The number of nitro groups is 1. The largest absolute Gasteiger partial charge is 0.379 e. The van der Waals surface area contributed by atoms with Gasteiger partial charge in [-0.25, -0.2) is 0 Å². The monoisotopic (exact) mass is 395 g/mol. The molecule has 0 radical (unpaired) electrons. The molecule has 1 aromatic carbocycles. The molecule has 3 N–H and O–H groups in total. The van der Waals surface area contributed by atoms with E-state index in [9.17, 15) is 10.1 Å². The first-order valence-corrected chi connectivity index (χ1v) is 9.84. The van der Waals surface area contributed by atoms with Gasteiger partial charge >= 0.3 is 0 Å². The van der Waals surface area contributed by atoms with Crippen molar-refractivity contribution >= 4 is 17.3 Å². The van der Waals surface area contributed by atoms with Crippen LogP contribution in [-0.4, -0.2) is 63.5 Å². The normalized spacial score (nSPS) is 11.3. The highest BCUT2D eigenvalue weighted by atomic mass is 16.6. The molecule has 0 saturated carbocycles. The van der Waals surface area contributed by atoms with Gasteiger partial charge in [0.05, 0.1) is 31.3 Å². The molecule has 158 valence electrons. The third kappa shape index (κ3) is 10.7. The SMILES string of the molecule is CCCCOCCOCCN=C(NCC)NCCNc1ccccc1[N+](=O)[O-]. The molecule has 0 fully saturated rings. The summed E-state index contributed by atoms with van der Waals surface area (Å²) in [6.07, 6.45) is 2.21. The first-order chi connectivity index (χ1) is 13.7. The molecule has 28 heavy (non-hydrogen) atoms. The molecule has 0 unspecified atom stereocenters. The van der Waals surface area contributed by atoms with Gasteiger partial charge in [-0.3, -0.25) is 15.1 Å². The number of benzene rings is 1. The molecule has 0 aliphatic heterocycles. The van der Waals surface area contributed by atoms with Gasteiger partial charge in [-0.1, -0.05) is 25.5 Å². The van der Waals surface area contributed by atoms with Gasteiger partial charge < -0.3 is 25.4 Å². The van der Waals surface area contributed by atoms with Crippen LogP contribution in [0.2, 0.25) is 0 Å². The van der Waals surface area contributed by atoms with Gasteiger partial charge in [0.2, 0.25) is 0 Å². The zero-order valence-electron chi connectivity index (χ0n) is 16.9. The van der Waals surface area contributed by atoms with Gasteiger partial charge in [0.1, 0.15) is 5.69 Å². The minimum atomic E-state index is -0.393. The molecule has 0 aliphatic rings. The molecule has 0 bridgehead atoms. The summed E-state index contributed by atoms with van der Waals surface area (Å²) in [5.41, 5.74) is 0.574. The zero-order valence-corrected chi connectivity index (χ0v) is 16.9. The summed E-state index contributed by atoms with van der Waals surface area (Å²) in [7, 11) is 0. The second-order valence-corrected chi connectivity index (χ2v) is 5.97. The van der Waals surface area contributed by atoms with Crippen LogP contribution >= 0.6 is 0 Å². The molecule has 0 atom stereocenters. The molecule has 9 heteroatoms. The lowest BCUT2D eigenvalue weighted by molar-refractivity contribution is -0.384. The number of rotatable bonds is 15. The van der Waals surface area contributed by atoms with E-state index >= 15 is 0 Å². The highest BCUT2D eigenvalue weighted by molar-refractivity contribution is 5.79. The standard InChI is InChI=1S/C19H33N5O4/c1-3-5-13-27-15-16-28-14-12-23-19(20-4-2)22-11-10-21-17-8-6-7-9-18(17)24(25)26/h6-9,21H,3-5,10-16H2,1-2H3,(H2,20,22,23). The van der Waals surface area contributed by atoms with Gasteiger partial charge in [-0.05, 0) is 19.4 Å². The van der Waals surface area contributed by atoms with E-state index in [-0.39, 0.29) is 5.69 Å². The van der Waals surface area contributed by atoms with Crippen molar-refractivity contribution in [2.45, 2.75) is 26.7 Å². The Kier molecular flexibility index (Phi) is 13.2. The second kappa shape index (κ2) is 15.6. The van der Waals surface area contributed by atoms with Crippen LogP contribution in [0, 0.1) is 10.1 Å². The summed E-state index contributed by atoms with van der Waals surface area (Å²) < 4.78 is 10.9. The number of aliphatic imine (C=N–C) groups is 1. The van der Waals surface area contributed by atoms with Crippen LogP contribution in [-0.2, 0) is 9.47 Å². The maximum Gasteiger partial charge on any atom is 0.292 e. The van der Waals surface area contributed by atoms with Crippen molar-refractivity contribution < 1.29 is 14.4 Å². The summed E-state index contributed by atoms with van der Waals surface area (Å²) in [5, 5.41) is 20.4. The average molecular weight is 396 g/mol. The number of nitro benzene ring substituents is 1. The van der Waals surface area contributed by atoms with Crippen LogP contribution in [0.4, 0.5) is 11.4 Å². The Balaban J connectivity index is 2.23. The fourth-order valence-corrected chi connectivity index (χ4v) is 2.29. The summed E-state index contributed by atoms with van der Waals surface area (Å²) >= 11 is 0. The number of anilines is 1. The fraction of sp³-hybridized carbons (Fsp3) is 0.632. The first-order valence-electron chi connectivity index (χ1n) is 9.84. The number of ether oxygens (including phenoxy) is 2. The summed E-state index contributed by atoms with van der Waals surface area (Å²) in [4.78, 5) is 15.1. The molecule has 0 heterocycles. The number of para-hydroxylation sites is 2. The molecule has 0 aromatic heterocycles. The molecule has 0 aliphatic carbocycles. The Morgan fingerprint density at radius 1 is 1.07 bits per heavy atom. The van der Waals surface area contributed by atoms with Crippen molar-refractivity contribution in [1.82, 2.24) is 10.6 Å². The summed E-state index contributed by atoms with van der Waals surface area (Å²) in [6.45, 7) is 9.02. The molecule has 1 rings (SSSR count). The molecular formula is C19H33N5O4. The third-order valence-electron chi connectivity index (χ3n) is 3.70. The molecule has 0 amide bonds. The van der Waals surface area contributed by atoms with E-state index in [1.54, 1.807) is 18.2 Å². The van der Waals surface area contributed by atoms with E-state index in [4.69, 9.17) is 9.47 Å². The Morgan fingerprint density at radius 2 is 1.82 bits per heavy atom. The van der Waals surface area contributed by atoms with Crippen LogP contribution in [0.3, 0.4) is 0 Å². The predicted octanol–water partition coefficient (Wildman–Crippen LogP) is 2.40. The zero-order chi connectivity index (χ0) is 20.5. The van der Waals surface area contributed by atoms with Crippen molar-refractivity contribution in [3.63, 3.8) is 0 Å². The quantitative estimate of drug-likeness (QED) is 0.137. The van der Waals surface area contributed by atoms with Crippen LogP contribution in [0.25, 0.3) is 0 Å². The second-order valence-electron chi connectivity index (χ2n) is 5.97. The Labute approximate surface area is 167 Å². The minimum Gasteiger partial charge on any atom is -0.379 e. The molecular weight excluding hydrogens is 362 g/mol. The Hall–Kier alpha value is -2.39. The topological polar surface area (TPSA) is 110 Å². The van der Waals surface area contributed by atoms with Crippen molar-refractivity contribution in [2.24, 2.45) is 4.99 Å². The number of nitrogens with one attached hydrogen (secondary N) is 3. The first kappa shape index (κ1) is 23.6. The number of hydrogen-bond acceptors (Lipinski definition) is 6. The van der Waals surface area contributed by atoms with Gasteiger partial charge in [0.25, 0.3) is 5.69 Å². The van der Waals surface area contributed by atoms with Crippen LogP contribution in [0.15, 0.2) is 29.3 Å². The highest BCUT2D eigenvalue weighted by Crippen LogP contribution is 2.22. The summed E-state index contributed by atoms with van der Waals surface area (Å²) in [6, 6.07) is 6.59. The Bertz CT molecular complexity index is 583. The fourth-order valence-electron chi connectivity index (χ4n) is 2.29. The highest BCUT2D eigenvalue weighted by Gasteiger charge is 2.11. The van der Waals surface area contributed by atoms with Crippen LogP contribution in [0.1, 0.15) is 26.7 Å². The minimum absolute atomic E-state index is 0.0684. The van der Waals surface area contributed by atoms with Crippen molar-refractivity contribution in [3.05, 3.63) is 34.4 Å². The number of nitrogens with zero attached hydrogens (tertiary/aromatic N) is 2. The van der Waals surface area contributed by atoms with Gasteiger partial charge in [0, 0.05) is 32.3 Å². The van der Waals surface area contributed by atoms with Crippen molar-refractivity contribution in [3.8, 4) is 0 Å². The third-order valence-corrected chi connectivity index (χ3v) is 3.70. The summed E-state index contributed by atoms with van der Waals surface area (Å²) in [5.74, 6) is 0.689. The van der Waals surface area contributed by atoms with Crippen LogP contribution in [0.5, 0.6) is 0 Å². The molecule has 9 nitrogen and oxygen atoms in total. The molecule has 0 spiro atoms. The van der Waals surface area contributed by atoms with Gasteiger partial charge in [0.15, 0.2) is 5.96 Å². The maximum absolute atomic E-state index is 11.0. The smallest absolute Gasteiger partial charge is 0.292 e. The average Bonchev–Trinajstić information content (AvgIpc) is 2.70.